The number of anilines is 1. The number of imidazole rings is 1. The summed E-state index contributed by atoms with van der Waals surface area (Å²) in [7, 11) is 3.03. The van der Waals surface area contributed by atoms with Gasteiger partial charge in [0.2, 0.25) is 17.6 Å². The molecule has 4 heterocycles. The third-order valence-corrected chi connectivity index (χ3v) is 7.20. The first-order chi connectivity index (χ1) is 16.5. The Hall–Kier alpha value is -3.76. The Bertz CT molecular complexity index is 1410. The van der Waals surface area contributed by atoms with E-state index in [2.05, 4.69) is 30.7 Å². The summed E-state index contributed by atoms with van der Waals surface area (Å²) in [6, 6.07) is 0.296. The van der Waals surface area contributed by atoms with Crippen LogP contribution in [0.5, 0.6) is 5.88 Å². The summed E-state index contributed by atoms with van der Waals surface area (Å²) in [5, 5.41) is 10.5. The van der Waals surface area contributed by atoms with Crippen LogP contribution in [-0.4, -0.2) is 55.1 Å². The number of nitrogens with zero attached hydrogens (tertiary/aromatic N) is 6. The molecule has 0 unspecified atom stereocenters. The van der Waals surface area contributed by atoms with Gasteiger partial charge >= 0.3 is 0 Å². The molecule has 4 aromatic rings. The molecular weight excluding hydrogens is 439 g/mol. The summed E-state index contributed by atoms with van der Waals surface area (Å²) < 4.78 is 23.8. The van der Waals surface area contributed by atoms with E-state index in [0.29, 0.717) is 40.0 Å². The lowest BCUT2D eigenvalue weighted by atomic mass is 9.83. The molecule has 2 aliphatic rings. The molecule has 0 radical (unpaired) electrons. The Morgan fingerprint density at radius 1 is 1.18 bits per heavy atom. The monoisotopic (exact) mass is 464 g/mol. The number of aromatic nitrogens is 6. The van der Waals surface area contributed by atoms with Crippen LogP contribution >= 0.6 is 0 Å². The number of hydrogen-bond donors (Lipinski definition) is 2. The minimum Gasteiger partial charge on any atom is -0.479 e. The maximum Gasteiger partial charge on any atom is 0.269 e. The molecule has 0 aliphatic heterocycles. The van der Waals surface area contributed by atoms with Crippen molar-refractivity contribution in [2.45, 2.75) is 44.6 Å². The van der Waals surface area contributed by atoms with Gasteiger partial charge in [-0.05, 0) is 43.9 Å². The molecule has 2 fully saturated rings. The summed E-state index contributed by atoms with van der Waals surface area (Å²) >= 11 is 0. The van der Waals surface area contributed by atoms with Crippen molar-refractivity contribution in [3.8, 4) is 17.0 Å². The van der Waals surface area contributed by atoms with Crippen LogP contribution in [0.4, 0.5) is 10.3 Å². The Balaban J connectivity index is 1.39. The van der Waals surface area contributed by atoms with Crippen molar-refractivity contribution in [3.05, 3.63) is 36.3 Å². The van der Waals surface area contributed by atoms with Gasteiger partial charge in [-0.25, -0.2) is 18.9 Å². The lowest BCUT2D eigenvalue weighted by molar-refractivity contribution is 0.0957. The van der Waals surface area contributed by atoms with Gasteiger partial charge in [0.05, 0.1) is 25.1 Å². The third-order valence-electron chi connectivity index (χ3n) is 7.20. The van der Waals surface area contributed by atoms with Gasteiger partial charge in [-0.3, -0.25) is 9.20 Å². The first-order valence-corrected chi connectivity index (χ1v) is 11.5. The number of ether oxygens (including phenoxy) is 1. The Kier molecular flexibility index (Phi) is 4.68. The van der Waals surface area contributed by atoms with E-state index < -0.39 is 5.82 Å². The molecule has 34 heavy (non-hydrogen) atoms. The number of halogens is 1. The topological polar surface area (TPSA) is 111 Å². The van der Waals surface area contributed by atoms with E-state index in [1.807, 2.05) is 0 Å². The highest BCUT2D eigenvalue weighted by molar-refractivity contribution is 5.93. The van der Waals surface area contributed by atoms with Gasteiger partial charge in [0.15, 0.2) is 5.82 Å². The van der Waals surface area contributed by atoms with Crippen LogP contribution in [0.3, 0.4) is 0 Å². The molecule has 0 aromatic carbocycles. The van der Waals surface area contributed by atoms with Crippen molar-refractivity contribution < 1.29 is 13.9 Å². The van der Waals surface area contributed by atoms with Gasteiger partial charge in [0.1, 0.15) is 11.2 Å². The molecule has 6 rings (SSSR count). The van der Waals surface area contributed by atoms with Gasteiger partial charge in [-0.15, -0.1) is 5.10 Å². The normalized spacial score (nSPS) is 17.4. The molecule has 2 N–H and O–H groups in total. The molecule has 4 aromatic heterocycles. The lowest BCUT2D eigenvalue weighted by Crippen LogP contribution is -2.28. The highest BCUT2D eigenvalue weighted by atomic mass is 19.1. The molecule has 176 valence electrons. The fourth-order valence-electron chi connectivity index (χ4n) is 5.03. The SMILES string of the molecule is CNC(=O)c1cnc2ncc(-c3c(F)cn4nc(NC5CCC6(CC5)CC6)nc(OC)c34)cn12. The first-order valence-electron chi connectivity index (χ1n) is 11.5. The molecule has 11 heteroatoms. The minimum absolute atomic E-state index is 0.239. The predicted octanol–water partition coefficient (Wildman–Crippen LogP) is 3.08. The second-order valence-electron chi connectivity index (χ2n) is 9.24. The highest BCUT2D eigenvalue weighted by Gasteiger charge is 2.44. The van der Waals surface area contributed by atoms with Gasteiger partial charge in [-0.2, -0.15) is 4.98 Å². The molecule has 1 spiro atoms. The summed E-state index contributed by atoms with van der Waals surface area (Å²) in [4.78, 5) is 25.2. The average molecular weight is 465 g/mol. The lowest BCUT2D eigenvalue weighted by Gasteiger charge is -2.29. The number of nitrogens with one attached hydrogen (secondary N) is 2. The average Bonchev–Trinajstić information content (AvgIpc) is 3.32. The van der Waals surface area contributed by atoms with Gasteiger partial charge in [-0.1, -0.05) is 0 Å². The second kappa shape index (κ2) is 7.64. The summed E-state index contributed by atoms with van der Waals surface area (Å²) in [6.45, 7) is 0. The van der Waals surface area contributed by atoms with Crippen LogP contribution in [-0.2, 0) is 0 Å². The van der Waals surface area contributed by atoms with E-state index in [1.165, 1.54) is 67.3 Å². The standard InChI is InChI=1S/C23H25FN8O2/c1-25-19(33)16-10-27-22-26-9-13(11-31(16)22)17-15(24)12-32-18(17)20(34-2)29-21(30-32)28-14-3-5-23(6-4-14)7-8-23/h9-12,14H,3-8H2,1-2H3,(H,25,33)(H,28,30). The van der Waals surface area contributed by atoms with Crippen LogP contribution in [0.1, 0.15) is 49.0 Å². The number of carbonyl (C=O) groups is 1. The van der Waals surface area contributed by atoms with E-state index in [0.717, 1.165) is 12.8 Å². The number of methoxy groups -OCH3 is 1. The second-order valence-corrected chi connectivity index (χ2v) is 9.24. The summed E-state index contributed by atoms with van der Waals surface area (Å²) in [5.41, 5.74) is 1.96. The zero-order chi connectivity index (χ0) is 23.4. The largest absolute Gasteiger partial charge is 0.479 e. The summed E-state index contributed by atoms with van der Waals surface area (Å²) in [6.07, 6.45) is 13.2. The van der Waals surface area contributed by atoms with E-state index in [4.69, 9.17) is 4.74 Å². The number of fused-ring (bicyclic) bond motifs is 2. The first kappa shape index (κ1) is 20.8. The van der Waals surface area contributed by atoms with E-state index in [-0.39, 0.29) is 17.4 Å². The fraction of sp³-hybridized carbons (Fsp3) is 0.435. The Morgan fingerprint density at radius 2 is 1.94 bits per heavy atom. The molecule has 2 aliphatic carbocycles. The van der Waals surface area contributed by atoms with Crippen LogP contribution in [0.25, 0.3) is 22.4 Å². The molecule has 2 saturated carbocycles. The molecular formula is C23H25FN8O2. The zero-order valence-corrected chi connectivity index (χ0v) is 19.0. The molecule has 0 bridgehead atoms. The van der Waals surface area contributed by atoms with Crippen LogP contribution in [0.2, 0.25) is 0 Å². The number of amides is 1. The van der Waals surface area contributed by atoms with Crippen molar-refractivity contribution in [1.82, 2.24) is 34.3 Å². The predicted molar refractivity (Wildman–Crippen MR) is 122 cm³/mol. The van der Waals surface area contributed by atoms with Gasteiger partial charge in [0, 0.05) is 31.0 Å². The van der Waals surface area contributed by atoms with E-state index >= 15 is 4.39 Å². The highest BCUT2D eigenvalue weighted by Crippen LogP contribution is 2.56. The maximum absolute atomic E-state index is 15.2. The molecule has 10 nitrogen and oxygen atoms in total. The Labute approximate surface area is 194 Å². The summed E-state index contributed by atoms with van der Waals surface area (Å²) in [5.74, 6) is 0.179. The number of rotatable bonds is 5. The van der Waals surface area contributed by atoms with Crippen LogP contribution in [0, 0.1) is 11.2 Å². The van der Waals surface area contributed by atoms with E-state index in [1.54, 1.807) is 6.20 Å². The zero-order valence-electron chi connectivity index (χ0n) is 19.0. The number of carbonyl (C=O) groups excluding carboxylic acids is 1. The number of hydrogen-bond acceptors (Lipinski definition) is 7. The van der Waals surface area contributed by atoms with Crippen molar-refractivity contribution in [1.29, 1.82) is 0 Å². The maximum atomic E-state index is 15.2. The van der Waals surface area contributed by atoms with Crippen molar-refractivity contribution in [2.24, 2.45) is 5.41 Å². The van der Waals surface area contributed by atoms with Crippen LogP contribution in [0.15, 0.2) is 24.8 Å². The fourth-order valence-corrected chi connectivity index (χ4v) is 5.03. The van der Waals surface area contributed by atoms with Gasteiger partial charge in [0.25, 0.3) is 5.91 Å². The van der Waals surface area contributed by atoms with Crippen molar-refractivity contribution >= 4 is 23.1 Å². The molecule has 1 amide bonds. The third kappa shape index (κ3) is 3.34. The minimum atomic E-state index is -0.499. The van der Waals surface area contributed by atoms with Gasteiger partial charge < -0.3 is 15.4 Å². The quantitative estimate of drug-likeness (QED) is 0.467. The van der Waals surface area contributed by atoms with E-state index in [9.17, 15) is 4.79 Å². The van der Waals surface area contributed by atoms with Crippen molar-refractivity contribution in [2.75, 3.05) is 19.5 Å². The molecule has 0 atom stereocenters. The van der Waals surface area contributed by atoms with Crippen LogP contribution < -0.4 is 15.4 Å². The molecule has 0 saturated heterocycles. The smallest absolute Gasteiger partial charge is 0.269 e. The van der Waals surface area contributed by atoms with Crippen molar-refractivity contribution in [3.63, 3.8) is 0 Å². The Morgan fingerprint density at radius 3 is 2.65 bits per heavy atom.